The summed E-state index contributed by atoms with van der Waals surface area (Å²) < 4.78 is 1.53. The van der Waals surface area contributed by atoms with Crippen LogP contribution in [0.25, 0.3) is 0 Å². The van der Waals surface area contributed by atoms with Gasteiger partial charge in [0.05, 0.1) is 6.04 Å². The summed E-state index contributed by atoms with van der Waals surface area (Å²) in [5.74, 6) is -0.0575. The predicted octanol–water partition coefficient (Wildman–Crippen LogP) is 2.26. The van der Waals surface area contributed by atoms with Gasteiger partial charge >= 0.3 is 0 Å². The third kappa shape index (κ3) is 3.28. The lowest BCUT2D eigenvalue weighted by atomic mass is 10.0. The quantitative estimate of drug-likeness (QED) is 0.777. The van der Waals surface area contributed by atoms with E-state index >= 15 is 0 Å². The van der Waals surface area contributed by atoms with E-state index in [9.17, 15) is 4.79 Å². The lowest BCUT2D eigenvalue weighted by Gasteiger charge is -2.20. The molecule has 1 amide bonds. The van der Waals surface area contributed by atoms with Crippen molar-refractivity contribution in [2.75, 3.05) is 0 Å². The molecule has 0 saturated carbocycles. The van der Waals surface area contributed by atoms with Crippen LogP contribution in [0, 0.1) is 0 Å². The Morgan fingerprint density at radius 1 is 1.16 bits per heavy atom. The van der Waals surface area contributed by atoms with Gasteiger partial charge in [-0.3, -0.25) is 4.79 Å². The molecule has 1 aliphatic rings. The number of fused-ring (bicyclic) bond motifs is 1. The minimum absolute atomic E-state index is 0.0541. The number of carbonyl (C=O) groups excluding carboxylic acids is 1. The van der Waals surface area contributed by atoms with Crippen LogP contribution in [0.2, 0.25) is 0 Å². The Hall–Kier alpha value is -3.02. The van der Waals surface area contributed by atoms with E-state index in [4.69, 9.17) is 0 Å². The van der Waals surface area contributed by atoms with Gasteiger partial charge in [-0.1, -0.05) is 54.6 Å². The molecule has 2 atom stereocenters. The van der Waals surface area contributed by atoms with Gasteiger partial charge in [-0.25, -0.2) is 4.68 Å². The maximum Gasteiger partial charge on any atom is 0.245 e. The summed E-state index contributed by atoms with van der Waals surface area (Å²) >= 11 is 0. The van der Waals surface area contributed by atoms with Crippen LogP contribution < -0.4 is 5.32 Å². The first-order valence-corrected chi connectivity index (χ1v) is 8.46. The SMILES string of the molecule is O=C(N[C@H]1CCc2ccccc21)[C@H](Cc1ccccc1)n1cnnn1. The number of aromatic nitrogens is 4. The smallest absolute Gasteiger partial charge is 0.245 e. The number of aryl methyl sites for hydroxylation is 1. The number of benzene rings is 2. The highest BCUT2D eigenvalue weighted by Crippen LogP contribution is 2.31. The maximum absolute atomic E-state index is 13.0. The van der Waals surface area contributed by atoms with E-state index in [1.807, 2.05) is 42.5 Å². The summed E-state index contributed by atoms with van der Waals surface area (Å²) in [6.07, 6.45) is 3.97. The fraction of sp³-hybridized carbons (Fsp3) is 0.263. The number of rotatable bonds is 5. The van der Waals surface area contributed by atoms with E-state index in [0.29, 0.717) is 6.42 Å². The molecule has 1 aliphatic carbocycles. The molecule has 0 aliphatic heterocycles. The average Bonchev–Trinajstić information content (AvgIpc) is 3.31. The van der Waals surface area contributed by atoms with Crippen molar-refractivity contribution in [2.45, 2.75) is 31.3 Å². The Morgan fingerprint density at radius 2 is 1.96 bits per heavy atom. The van der Waals surface area contributed by atoms with Gasteiger partial charge in [-0.2, -0.15) is 0 Å². The molecule has 0 bridgehead atoms. The molecule has 0 unspecified atom stereocenters. The molecule has 0 spiro atoms. The van der Waals surface area contributed by atoms with Gasteiger partial charge in [0.2, 0.25) is 5.91 Å². The van der Waals surface area contributed by atoms with Gasteiger partial charge in [0, 0.05) is 6.42 Å². The Bertz CT molecular complexity index is 847. The summed E-state index contributed by atoms with van der Waals surface area (Å²) in [6.45, 7) is 0. The summed E-state index contributed by atoms with van der Waals surface area (Å²) in [7, 11) is 0. The highest BCUT2D eigenvalue weighted by Gasteiger charge is 2.28. The molecular weight excluding hydrogens is 314 g/mol. The lowest BCUT2D eigenvalue weighted by molar-refractivity contribution is -0.125. The van der Waals surface area contributed by atoms with E-state index in [1.165, 1.54) is 22.1 Å². The van der Waals surface area contributed by atoms with Gasteiger partial charge < -0.3 is 5.32 Å². The molecule has 1 aromatic heterocycles. The third-order valence-electron chi connectivity index (χ3n) is 4.71. The van der Waals surface area contributed by atoms with Crippen LogP contribution in [-0.4, -0.2) is 26.1 Å². The minimum atomic E-state index is -0.467. The van der Waals surface area contributed by atoms with E-state index in [0.717, 1.165) is 18.4 Å². The summed E-state index contributed by atoms with van der Waals surface area (Å²) in [4.78, 5) is 13.0. The van der Waals surface area contributed by atoms with Crippen LogP contribution in [0.5, 0.6) is 0 Å². The molecule has 0 saturated heterocycles. The topological polar surface area (TPSA) is 72.7 Å². The second-order valence-corrected chi connectivity index (χ2v) is 6.29. The first-order chi connectivity index (χ1) is 12.3. The zero-order chi connectivity index (χ0) is 17.1. The number of nitrogens with zero attached hydrogens (tertiary/aromatic N) is 4. The minimum Gasteiger partial charge on any atom is -0.347 e. The molecule has 126 valence electrons. The third-order valence-corrected chi connectivity index (χ3v) is 4.71. The Kier molecular flexibility index (Phi) is 4.24. The van der Waals surface area contributed by atoms with Crippen molar-refractivity contribution < 1.29 is 4.79 Å². The van der Waals surface area contributed by atoms with Crippen molar-refractivity contribution in [3.63, 3.8) is 0 Å². The van der Waals surface area contributed by atoms with Crippen LogP contribution >= 0.6 is 0 Å². The molecule has 6 heteroatoms. The number of carbonyl (C=O) groups is 1. The van der Waals surface area contributed by atoms with Crippen molar-refractivity contribution in [2.24, 2.45) is 0 Å². The van der Waals surface area contributed by atoms with Gasteiger partial charge in [-0.05, 0) is 40.0 Å². The monoisotopic (exact) mass is 333 g/mol. The fourth-order valence-corrected chi connectivity index (χ4v) is 3.43. The van der Waals surface area contributed by atoms with Crippen LogP contribution in [-0.2, 0) is 17.6 Å². The zero-order valence-electron chi connectivity index (χ0n) is 13.7. The normalized spacial score (nSPS) is 17.0. The highest BCUT2D eigenvalue weighted by molar-refractivity contribution is 5.81. The second kappa shape index (κ2) is 6.84. The first kappa shape index (κ1) is 15.5. The van der Waals surface area contributed by atoms with Crippen LogP contribution in [0.15, 0.2) is 60.9 Å². The number of nitrogens with one attached hydrogen (secondary N) is 1. The molecule has 0 fully saturated rings. The van der Waals surface area contributed by atoms with E-state index in [1.54, 1.807) is 0 Å². The standard InChI is InChI=1S/C19H19N5O/c25-19(21-17-11-10-15-8-4-5-9-16(15)17)18(24-13-20-22-23-24)12-14-6-2-1-3-7-14/h1-9,13,17-18H,10-12H2,(H,21,25)/t17-,18-/m0/s1. The molecule has 4 rings (SSSR count). The highest BCUT2D eigenvalue weighted by atomic mass is 16.2. The van der Waals surface area contributed by atoms with E-state index in [2.05, 4.69) is 33.0 Å². The predicted molar refractivity (Wildman–Crippen MR) is 92.6 cm³/mol. The Morgan fingerprint density at radius 3 is 2.76 bits per heavy atom. The van der Waals surface area contributed by atoms with Crippen LogP contribution in [0.3, 0.4) is 0 Å². The summed E-state index contributed by atoms with van der Waals surface area (Å²) in [5.41, 5.74) is 3.60. The molecular formula is C19H19N5O. The van der Waals surface area contributed by atoms with E-state index in [-0.39, 0.29) is 11.9 Å². The number of hydrogen-bond acceptors (Lipinski definition) is 4. The molecule has 6 nitrogen and oxygen atoms in total. The molecule has 1 N–H and O–H groups in total. The Balaban J connectivity index is 1.54. The summed E-state index contributed by atoms with van der Waals surface area (Å²) in [5, 5.41) is 14.5. The number of tetrazole rings is 1. The van der Waals surface area contributed by atoms with Gasteiger partial charge in [0.1, 0.15) is 12.4 Å². The largest absolute Gasteiger partial charge is 0.347 e. The van der Waals surface area contributed by atoms with Crippen molar-refractivity contribution in [3.8, 4) is 0 Å². The van der Waals surface area contributed by atoms with Crippen LogP contribution in [0.1, 0.15) is 35.2 Å². The van der Waals surface area contributed by atoms with Gasteiger partial charge in [0.15, 0.2) is 0 Å². The zero-order valence-corrected chi connectivity index (χ0v) is 13.7. The molecule has 3 aromatic rings. The number of amides is 1. The van der Waals surface area contributed by atoms with Crippen LogP contribution in [0.4, 0.5) is 0 Å². The average molecular weight is 333 g/mol. The van der Waals surface area contributed by atoms with Gasteiger partial charge in [0.25, 0.3) is 0 Å². The van der Waals surface area contributed by atoms with Crippen molar-refractivity contribution in [3.05, 3.63) is 77.6 Å². The second-order valence-electron chi connectivity index (χ2n) is 6.29. The molecule has 1 heterocycles. The maximum atomic E-state index is 13.0. The van der Waals surface area contributed by atoms with Crippen molar-refractivity contribution in [1.82, 2.24) is 25.5 Å². The molecule has 0 radical (unpaired) electrons. The number of hydrogen-bond donors (Lipinski definition) is 1. The summed E-state index contributed by atoms with van der Waals surface area (Å²) in [6, 6.07) is 17.8. The van der Waals surface area contributed by atoms with Gasteiger partial charge in [-0.15, -0.1) is 5.10 Å². The molecule has 25 heavy (non-hydrogen) atoms. The molecule has 2 aromatic carbocycles. The van der Waals surface area contributed by atoms with E-state index < -0.39 is 6.04 Å². The lowest BCUT2D eigenvalue weighted by Crippen LogP contribution is -2.36. The first-order valence-electron chi connectivity index (χ1n) is 8.46. The van der Waals surface area contributed by atoms with Crippen molar-refractivity contribution in [1.29, 1.82) is 0 Å². The van der Waals surface area contributed by atoms with Crippen molar-refractivity contribution >= 4 is 5.91 Å². The fourth-order valence-electron chi connectivity index (χ4n) is 3.43. The Labute approximate surface area is 145 Å².